The lowest BCUT2D eigenvalue weighted by Crippen LogP contribution is -1.98. The predicted octanol–water partition coefficient (Wildman–Crippen LogP) is 3.29. The SMILES string of the molecule is COc1ccc(Cc2nc3c(OC)ccc(C(=O)O)c3[nH]2)cc1.Cl. The molecule has 1 aromatic heterocycles. The van der Waals surface area contributed by atoms with E-state index < -0.39 is 5.97 Å². The van der Waals surface area contributed by atoms with Crippen molar-refractivity contribution in [2.24, 2.45) is 0 Å². The van der Waals surface area contributed by atoms with E-state index in [0.29, 0.717) is 29.0 Å². The molecular formula is C17H17ClN2O4. The highest BCUT2D eigenvalue weighted by atomic mass is 35.5. The minimum Gasteiger partial charge on any atom is -0.497 e. The van der Waals surface area contributed by atoms with Gasteiger partial charge in [-0.2, -0.15) is 0 Å². The Labute approximate surface area is 144 Å². The molecular weight excluding hydrogens is 332 g/mol. The minimum absolute atomic E-state index is 0. The summed E-state index contributed by atoms with van der Waals surface area (Å²) in [5.41, 5.74) is 2.21. The Hall–Kier alpha value is -2.73. The number of carboxylic acids is 1. The number of hydrogen-bond acceptors (Lipinski definition) is 4. The number of hydrogen-bond donors (Lipinski definition) is 2. The minimum atomic E-state index is -1.00. The standard InChI is InChI=1S/C17H16N2O4.ClH/c1-22-11-5-3-10(4-6-11)9-14-18-15-12(17(20)21)7-8-13(23-2)16(15)19-14;/h3-8H,9H2,1-2H3,(H,18,19)(H,20,21);1H. The number of methoxy groups -OCH3 is 2. The first-order valence-electron chi connectivity index (χ1n) is 7.04. The van der Waals surface area contributed by atoms with E-state index >= 15 is 0 Å². The highest BCUT2D eigenvalue weighted by molar-refractivity contribution is 6.02. The third kappa shape index (κ3) is 3.28. The Bertz CT molecular complexity index is 859. The molecule has 1 heterocycles. The summed E-state index contributed by atoms with van der Waals surface area (Å²) < 4.78 is 10.4. The molecule has 2 aromatic carbocycles. The fraction of sp³-hybridized carbons (Fsp3) is 0.176. The van der Waals surface area contributed by atoms with Crippen LogP contribution in [-0.2, 0) is 6.42 Å². The second kappa shape index (κ2) is 7.23. The molecule has 0 aliphatic heterocycles. The summed E-state index contributed by atoms with van der Waals surface area (Å²) in [5.74, 6) is 1.00. The molecule has 0 spiro atoms. The van der Waals surface area contributed by atoms with Crippen molar-refractivity contribution in [2.45, 2.75) is 6.42 Å². The maximum Gasteiger partial charge on any atom is 0.337 e. The monoisotopic (exact) mass is 348 g/mol. The Balaban J connectivity index is 0.00000208. The maximum absolute atomic E-state index is 11.4. The molecule has 6 nitrogen and oxygen atoms in total. The molecule has 0 radical (unpaired) electrons. The quantitative estimate of drug-likeness (QED) is 0.739. The Morgan fingerprint density at radius 1 is 1.12 bits per heavy atom. The number of ether oxygens (including phenoxy) is 2. The summed E-state index contributed by atoms with van der Waals surface area (Å²) in [6.45, 7) is 0. The van der Waals surface area contributed by atoms with Crippen LogP contribution in [0.15, 0.2) is 36.4 Å². The number of nitrogens with one attached hydrogen (secondary N) is 1. The number of halogens is 1. The number of aromatic carboxylic acids is 1. The van der Waals surface area contributed by atoms with Gasteiger partial charge in [-0.25, -0.2) is 9.78 Å². The average Bonchev–Trinajstić information content (AvgIpc) is 2.97. The van der Waals surface area contributed by atoms with E-state index in [0.717, 1.165) is 11.3 Å². The van der Waals surface area contributed by atoms with E-state index in [9.17, 15) is 9.90 Å². The number of benzene rings is 2. The van der Waals surface area contributed by atoms with Crippen LogP contribution in [0.1, 0.15) is 21.7 Å². The third-order valence-electron chi connectivity index (χ3n) is 3.64. The van der Waals surface area contributed by atoms with Crippen LogP contribution in [-0.4, -0.2) is 35.3 Å². The smallest absolute Gasteiger partial charge is 0.337 e. The van der Waals surface area contributed by atoms with Gasteiger partial charge in [0.25, 0.3) is 0 Å². The summed E-state index contributed by atoms with van der Waals surface area (Å²) >= 11 is 0. The van der Waals surface area contributed by atoms with Gasteiger partial charge in [0.2, 0.25) is 0 Å². The highest BCUT2D eigenvalue weighted by Crippen LogP contribution is 2.27. The van der Waals surface area contributed by atoms with Crippen LogP contribution < -0.4 is 9.47 Å². The van der Waals surface area contributed by atoms with Crippen molar-refractivity contribution in [1.29, 1.82) is 0 Å². The normalized spacial score (nSPS) is 10.2. The molecule has 0 aliphatic rings. The lowest BCUT2D eigenvalue weighted by atomic mass is 10.1. The Kier molecular flexibility index (Phi) is 5.31. The summed E-state index contributed by atoms with van der Waals surface area (Å²) in [6.07, 6.45) is 0.556. The molecule has 7 heteroatoms. The summed E-state index contributed by atoms with van der Waals surface area (Å²) in [4.78, 5) is 18.9. The third-order valence-corrected chi connectivity index (χ3v) is 3.64. The fourth-order valence-corrected chi connectivity index (χ4v) is 2.48. The maximum atomic E-state index is 11.4. The molecule has 3 rings (SSSR count). The van der Waals surface area contributed by atoms with Crippen molar-refractivity contribution in [2.75, 3.05) is 14.2 Å². The van der Waals surface area contributed by atoms with Crippen molar-refractivity contribution < 1.29 is 19.4 Å². The van der Waals surface area contributed by atoms with Crippen LogP contribution in [0.3, 0.4) is 0 Å². The van der Waals surface area contributed by atoms with Gasteiger partial charge in [0.15, 0.2) is 0 Å². The predicted molar refractivity (Wildman–Crippen MR) is 92.7 cm³/mol. The number of carbonyl (C=O) groups is 1. The molecule has 2 N–H and O–H groups in total. The van der Waals surface area contributed by atoms with Crippen LogP contribution in [0.2, 0.25) is 0 Å². The van der Waals surface area contributed by atoms with E-state index in [1.54, 1.807) is 13.2 Å². The molecule has 126 valence electrons. The Morgan fingerprint density at radius 3 is 2.42 bits per heavy atom. The van der Waals surface area contributed by atoms with Crippen LogP contribution in [0.5, 0.6) is 11.5 Å². The largest absolute Gasteiger partial charge is 0.497 e. The second-order valence-electron chi connectivity index (χ2n) is 5.05. The van der Waals surface area contributed by atoms with Gasteiger partial charge in [0.1, 0.15) is 22.8 Å². The van der Waals surface area contributed by atoms with Crippen molar-refractivity contribution in [3.05, 3.63) is 53.3 Å². The number of carboxylic acid groups (broad SMARTS) is 1. The number of fused-ring (bicyclic) bond motifs is 1. The first-order chi connectivity index (χ1) is 11.1. The zero-order valence-electron chi connectivity index (χ0n) is 13.2. The van der Waals surface area contributed by atoms with Gasteiger partial charge in [-0.3, -0.25) is 0 Å². The van der Waals surface area contributed by atoms with E-state index in [2.05, 4.69) is 9.97 Å². The van der Waals surface area contributed by atoms with E-state index in [1.807, 2.05) is 24.3 Å². The van der Waals surface area contributed by atoms with E-state index in [4.69, 9.17) is 9.47 Å². The number of nitrogens with zero attached hydrogens (tertiary/aromatic N) is 1. The average molecular weight is 349 g/mol. The van der Waals surface area contributed by atoms with Gasteiger partial charge in [0, 0.05) is 6.42 Å². The van der Waals surface area contributed by atoms with Gasteiger partial charge in [0.05, 0.1) is 25.3 Å². The highest BCUT2D eigenvalue weighted by Gasteiger charge is 2.16. The topological polar surface area (TPSA) is 84.4 Å². The number of imidazole rings is 1. The summed E-state index contributed by atoms with van der Waals surface area (Å²) in [6, 6.07) is 10.8. The zero-order chi connectivity index (χ0) is 16.4. The van der Waals surface area contributed by atoms with E-state index in [1.165, 1.54) is 13.2 Å². The number of rotatable bonds is 5. The molecule has 0 bridgehead atoms. The lowest BCUT2D eigenvalue weighted by Gasteiger charge is -2.02. The first kappa shape index (κ1) is 17.6. The number of H-pyrrole nitrogens is 1. The van der Waals surface area contributed by atoms with Gasteiger partial charge in [-0.05, 0) is 29.8 Å². The van der Waals surface area contributed by atoms with Crippen LogP contribution in [0.25, 0.3) is 11.0 Å². The molecule has 3 aromatic rings. The van der Waals surface area contributed by atoms with Crippen molar-refractivity contribution >= 4 is 29.4 Å². The van der Waals surface area contributed by atoms with Gasteiger partial charge in [-0.15, -0.1) is 12.4 Å². The van der Waals surface area contributed by atoms with Crippen LogP contribution >= 0.6 is 12.4 Å². The molecule has 0 unspecified atom stereocenters. The fourth-order valence-electron chi connectivity index (χ4n) is 2.48. The molecule has 0 aliphatic carbocycles. The molecule has 0 saturated heterocycles. The van der Waals surface area contributed by atoms with Crippen LogP contribution in [0, 0.1) is 0 Å². The second-order valence-corrected chi connectivity index (χ2v) is 5.05. The van der Waals surface area contributed by atoms with Gasteiger partial charge >= 0.3 is 5.97 Å². The molecule has 0 amide bonds. The lowest BCUT2D eigenvalue weighted by molar-refractivity contribution is 0.0699. The van der Waals surface area contributed by atoms with Crippen molar-refractivity contribution in [3.63, 3.8) is 0 Å². The van der Waals surface area contributed by atoms with E-state index in [-0.39, 0.29) is 18.0 Å². The zero-order valence-corrected chi connectivity index (χ0v) is 14.0. The van der Waals surface area contributed by atoms with Crippen molar-refractivity contribution in [3.8, 4) is 11.5 Å². The summed E-state index contributed by atoms with van der Waals surface area (Å²) in [7, 11) is 3.15. The van der Waals surface area contributed by atoms with Gasteiger partial charge < -0.3 is 19.6 Å². The number of aromatic nitrogens is 2. The number of aromatic amines is 1. The van der Waals surface area contributed by atoms with Crippen LogP contribution in [0.4, 0.5) is 0 Å². The van der Waals surface area contributed by atoms with Gasteiger partial charge in [-0.1, -0.05) is 12.1 Å². The summed E-state index contributed by atoms with van der Waals surface area (Å²) in [5, 5.41) is 9.30. The molecule has 0 atom stereocenters. The Morgan fingerprint density at radius 2 is 1.83 bits per heavy atom. The molecule has 24 heavy (non-hydrogen) atoms. The molecule has 0 saturated carbocycles. The first-order valence-corrected chi connectivity index (χ1v) is 7.04. The molecule has 0 fully saturated rings. The van der Waals surface area contributed by atoms with Crippen molar-refractivity contribution in [1.82, 2.24) is 9.97 Å².